The number of halogens is 1. The molecule has 140 valence electrons. The maximum atomic E-state index is 13.7. The molecule has 2 rings (SSSR count). The van der Waals surface area contributed by atoms with Crippen molar-refractivity contribution in [3.8, 4) is 0 Å². The number of hydrogen-bond acceptors (Lipinski definition) is 3. The molecule has 0 unspecified atom stereocenters. The third kappa shape index (κ3) is 6.57. The molecule has 0 aliphatic carbocycles. The lowest BCUT2D eigenvalue weighted by atomic mass is 10.1. The van der Waals surface area contributed by atoms with Gasteiger partial charge in [-0.1, -0.05) is 48.5 Å². The van der Waals surface area contributed by atoms with E-state index >= 15 is 0 Å². The highest BCUT2D eigenvalue weighted by atomic mass is 32.2. The lowest BCUT2D eigenvalue weighted by molar-refractivity contribution is -0.121. The fourth-order valence-electron chi connectivity index (χ4n) is 2.52. The van der Waals surface area contributed by atoms with Gasteiger partial charge in [-0.2, -0.15) is 4.31 Å². The van der Waals surface area contributed by atoms with Crippen LogP contribution in [0.5, 0.6) is 0 Å². The summed E-state index contributed by atoms with van der Waals surface area (Å²) in [7, 11) is -3.57. The van der Waals surface area contributed by atoms with Gasteiger partial charge in [0.25, 0.3) is 0 Å². The summed E-state index contributed by atoms with van der Waals surface area (Å²) < 4.78 is 38.6. The van der Waals surface area contributed by atoms with E-state index in [4.69, 9.17) is 0 Å². The molecule has 7 heteroatoms. The van der Waals surface area contributed by atoms with Crippen molar-refractivity contribution in [1.82, 2.24) is 9.62 Å². The van der Waals surface area contributed by atoms with Crippen LogP contribution in [0.1, 0.15) is 11.1 Å². The molecule has 0 atom stereocenters. The van der Waals surface area contributed by atoms with Gasteiger partial charge < -0.3 is 5.32 Å². The van der Waals surface area contributed by atoms with Crippen molar-refractivity contribution >= 4 is 15.9 Å². The molecule has 0 aromatic heterocycles. The van der Waals surface area contributed by atoms with Crippen molar-refractivity contribution < 1.29 is 17.6 Å². The zero-order valence-electron chi connectivity index (χ0n) is 14.7. The average Bonchev–Trinajstić information content (AvgIpc) is 2.60. The van der Waals surface area contributed by atoms with Gasteiger partial charge in [0.15, 0.2) is 0 Å². The van der Waals surface area contributed by atoms with Gasteiger partial charge in [0.1, 0.15) is 5.82 Å². The Morgan fingerprint density at radius 2 is 1.69 bits per heavy atom. The Balaban J connectivity index is 1.87. The van der Waals surface area contributed by atoms with Crippen molar-refractivity contribution in [1.29, 1.82) is 0 Å². The van der Waals surface area contributed by atoms with Gasteiger partial charge in [0.2, 0.25) is 15.9 Å². The van der Waals surface area contributed by atoms with E-state index in [2.05, 4.69) is 5.32 Å². The number of amides is 1. The first-order valence-corrected chi connectivity index (χ1v) is 10.2. The van der Waals surface area contributed by atoms with Gasteiger partial charge in [-0.25, -0.2) is 12.8 Å². The van der Waals surface area contributed by atoms with Crippen LogP contribution in [-0.4, -0.2) is 44.5 Å². The molecule has 0 saturated carbocycles. The monoisotopic (exact) mass is 378 g/mol. The van der Waals surface area contributed by atoms with Crippen LogP contribution in [0.15, 0.2) is 54.6 Å². The normalized spacial score (nSPS) is 11.5. The van der Waals surface area contributed by atoms with Crippen LogP contribution < -0.4 is 5.32 Å². The maximum Gasteiger partial charge on any atom is 0.235 e. The molecule has 0 heterocycles. The number of carbonyl (C=O) groups is 1. The largest absolute Gasteiger partial charge is 0.355 e. The fourth-order valence-corrected chi connectivity index (χ4v) is 3.29. The molecule has 1 amide bonds. The molecule has 0 spiro atoms. The predicted octanol–water partition coefficient (Wildman–Crippen LogP) is 1.99. The highest BCUT2D eigenvalue weighted by Gasteiger charge is 2.20. The van der Waals surface area contributed by atoms with Crippen LogP contribution in [0, 0.1) is 5.82 Å². The quantitative estimate of drug-likeness (QED) is 0.726. The van der Waals surface area contributed by atoms with Crippen molar-refractivity contribution in [3.05, 3.63) is 71.5 Å². The van der Waals surface area contributed by atoms with Crippen LogP contribution in [-0.2, 0) is 27.7 Å². The van der Waals surface area contributed by atoms with E-state index in [1.807, 2.05) is 30.3 Å². The van der Waals surface area contributed by atoms with Crippen molar-refractivity contribution in [2.75, 3.05) is 25.9 Å². The third-order valence-electron chi connectivity index (χ3n) is 3.96. The molecule has 0 aliphatic rings. The first kappa shape index (κ1) is 20.1. The Kier molecular flexibility index (Phi) is 7.29. The first-order chi connectivity index (χ1) is 12.4. The van der Waals surface area contributed by atoms with Crippen LogP contribution >= 0.6 is 0 Å². The Morgan fingerprint density at radius 1 is 1.04 bits per heavy atom. The topological polar surface area (TPSA) is 66.5 Å². The second kappa shape index (κ2) is 9.45. The van der Waals surface area contributed by atoms with Gasteiger partial charge in [0.05, 0.1) is 12.8 Å². The van der Waals surface area contributed by atoms with Crippen LogP contribution in [0.2, 0.25) is 0 Å². The molecule has 26 heavy (non-hydrogen) atoms. The van der Waals surface area contributed by atoms with E-state index in [-0.39, 0.29) is 31.2 Å². The number of nitrogens with one attached hydrogen (secondary N) is 1. The summed E-state index contributed by atoms with van der Waals surface area (Å²) in [6, 6.07) is 15.9. The lowest BCUT2D eigenvalue weighted by Gasteiger charge is -2.19. The second-order valence-corrected chi connectivity index (χ2v) is 8.01. The van der Waals surface area contributed by atoms with Gasteiger partial charge in [-0.3, -0.25) is 4.79 Å². The number of benzene rings is 2. The lowest BCUT2D eigenvalue weighted by Crippen LogP contribution is -2.41. The summed E-state index contributed by atoms with van der Waals surface area (Å²) >= 11 is 0. The molecule has 0 bridgehead atoms. The number of rotatable bonds is 9. The van der Waals surface area contributed by atoms with Gasteiger partial charge in [-0.05, 0) is 30.0 Å². The highest BCUT2D eigenvalue weighted by Crippen LogP contribution is 2.09. The summed E-state index contributed by atoms with van der Waals surface area (Å²) in [5, 5.41) is 2.72. The van der Waals surface area contributed by atoms with Crippen LogP contribution in [0.3, 0.4) is 0 Å². The third-order valence-corrected chi connectivity index (χ3v) is 5.21. The van der Waals surface area contributed by atoms with Gasteiger partial charge in [-0.15, -0.1) is 0 Å². The molecule has 0 fully saturated rings. The van der Waals surface area contributed by atoms with E-state index in [0.717, 1.165) is 16.1 Å². The molecule has 2 aromatic rings. The summed E-state index contributed by atoms with van der Waals surface area (Å²) in [6.07, 6.45) is 1.92. The standard InChI is InChI=1S/C19H23FN2O3S/c1-26(24,25)22(14-12-17-9-5-6-10-18(17)20)15-19(23)21-13-11-16-7-3-2-4-8-16/h2-10H,11-15H2,1H3,(H,21,23). The highest BCUT2D eigenvalue weighted by molar-refractivity contribution is 7.88. The van der Waals surface area contributed by atoms with Crippen LogP contribution in [0.25, 0.3) is 0 Å². The smallest absolute Gasteiger partial charge is 0.235 e. The van der Waals surface area contributed by atoms with Gasteiger partial charge >= 0.3 is 0 Å². The van der Waals surface area contributed by atoms with Crippen LogP contribution in [0.4, 0.5) is 4.39 Å². The number of carbonyl (C=O) groups excluding carboxylic acids is 1. The average molecular weight is 378 g/mol. The van der Waals surface area contributed by atoms with E-state index in [1.54, 1.807) is 18.2 Å². The van der Waals surface area contributed by atoms with Gasteiger partial charge in [0, 0.05) is 13.1 Å². The summed E-state index contributed by atoms with van der Waals surface area (Å²) in [6.45, 7) is 0.196. The minimum Gasteiger partial charge on any atom is -0.355 e. The Morgan fingerprint density at radius 3 is 2.35 bits per heavy atom. The Labute approximate surface area is 153 Å². The molecule has 0 radical (unpaired) electrons. The Hall–Kier alpha value is -2.25. The minimum atomic E-state index is -3.57. The summed E-state index contributed by atoms with van der Waals surface area (Å²) in [5.41, 5.74) is 1.51. The fraction of sp³-hybridized carbons (Fsp3) is 0.316. The molecule has 2 aromatic carbocycles. The number of sulfonamides is 1. The zero-order chi connectivity index (χ0) is 19.0. The van der Waals surface area contributed by atoms with E-state index in [1.165, 1.54) is 6.07 Å². The molecule has 1 N–H and O–H groups in total. The molecular formula is C19H23FN2O3S. The minimum absolute atomic E-state index is 0.0475. The predicted molar refractivity (Wildman–Crippen MR) is 99.7 cm³/mol. The molecule has 5 nitrogen and oxygen atoms in total. The zero-order valence-corrected chi connectivity index (χ0v) is 15.5. The summed E-state index contributed by atoms with van der Waals surface area (Å²) in [5.74, 6) is -0.756. The number of hydrogen-bond donors (Lipinski definition) is 1. The molecular weight excluding hydrogens is 355 g/mol. The molecule has 0 saturated heterocycles. The maximum absolute atomic E-state index is 13.7. The number of nitrogens with zero attached hydrogens (tertiary/aromatic N) is 1. The van der Waals surface area contributed by atoms with E-state index in [9.17, 15) is 17.6 Å². The van der Waals surface area contributed by atoms with Crippen molar-refractivity contribution in [2.45, 2.75) is 12.8 Å². The summed E-state index contributed by atoms with van der Waals surface area (Å²) in [4.78, 5) is 12.1. The SMILES string of the molecule is CS(=O)(=O)N(CCc1ccccc1F)CC(=O)NCCc1ccccc1. The van der Waals surface area contributed by atoms with E-state index in [0.29, 0.717) is 18.5 Å². The van der Waals surface area contributed by atoms with Crippen molar-refractivity contribution in [2.24, 2.45) is 0 Å². The first-order valence-electron chi connectivity index (χ1n) is 8.35. The van der Waals surface area contributed by atoms with Crippen molar-refractivity contribution in [3.63, 3.8) is 0 Å². The Bertz CT molecular complexity index is 826. The second-order valence-electron chi connectivity index (χ2n) is 6.02. The molecule has 0 aliphatic heterocycles. The van der Waals surface area contributed by atoms with E-state index < -0.39 is 10.0 Å².